The van der Waals surface area contributed by atoms with Crippen LogP contribution in [0.15, 0.2) is 0 Å². The van der Waals surface area contributed by atoms with Gasteiger partial charge in [-0.2, -0.15) is 0 Å². The number of aryl methyl sites for hydroxylation is 2. The highest BCUT2D eigenvalue weighted by Crippen LogP contribution is 2.20. The maximum atomic E-state index is 13.5. The second-order valence-corrected chi connectivity index (χ2v) is 9.47. The summed E-state index contributed by atoms with van der Waals surface area (Å²) in [5.41, 5.74) is 0.835. The van der Waals surface area contributed by atoms with Crippen LogP contribution in [0.4, 0.5) is 0 Å². The molecular weight excluding hydrogens is 444 g/mol. The van der Waals surface area contributed by atoms with Gasteiger partial charge in [0.15, 0.2) is 0 Å². The molecule has 1 fully saturated rings. The second-order valence-electron chi connectivity index (χ2n) is 9.47. The van der Waals surface area contributed by atoms with Gasteiger partial charge >= 0.3 is 5.97 Å². The molecule has 0 bridgehead atoms. The number of esters is 1. The third-order valence-corrected chi connectivity index (χ3v) is 6.49. The number of piperazine rings is 1. The number of carbonyl (C=O) groups is 3. The summed E-state index contributed by atoms with van der Waals surface area (Å²) in [6, 6.07) is -0.0890. The molecule has 2 amide bonds. The second kappa shape index (κ2) is 14.8. The molecule has 8 nitrogen and oxygen atoms in total. The standard InChI is InChI=1S/C27H44N4O4/c1-6-9-10-11-12-13-14-16-23(32)31-18-17-30(19-20(31)4)26(33)25-24(27(34)35-8-3)22(15-7-2)28-21(5)29-25/h20H,6-19H2,1-5H3. The van der Waals surface area contributed by atoms with E-state index < -0.39 is 5.97 Å². The fraction of sp³-hybridized carbons (Fsp3) is 0.741. The van der Waals surface area contributed by atoms with Crippen LogP contribution in [0.1, 0.15) is 118 Å². The summed E-state index contributed by atoms with van der Waals surface area (Å²) in [4.78, 5) is 51.4. The van der Waals surface area contributed by atoms with Crippen molar-refractivity contribution < 1.29 is 19.1 Å². The number of carbonyl (C=O) groups excluding carboxylic acids is 3. The summed E-state index contributed by atoms with van der Waals surface area (Å²) >= 11 is 0. The van der Waals surface area contributed by atoms with Crippen LogP contribution in [0.25, 0.3) is 0 Å². The Labute approximate surface area is 210 Å². The van der Waals surface area contributed by atoms with E-state index in [0.717, 1.165) is 19.3 Å². The predicted molar refractivity (Wildman–Crippen MR) is 136 cm³/mol. The summed E-state index contributed by atoms with van der Waals surface area (Å²) in [5.74, 6) is -0.243. The van der Waals surface area contributed by atoms with Crippen LogP contribution >= 0.6 is 0 Å². The van der Waals surface area contributed by atoms with Crippen molar-refractivity contribution in [2.45, 2.75) is 105 Å². The first-order valence-corrected chi connectivity index (χ1v) is 13.5. The zero-order chi connectivity index (χ0) is 25.8. The van der Waals surface area contributed by atoms with Gasteiger partial charge in [-0.15, -0.1) is 0 Å². The Hall–Kier alpha value is -2.51. The highest BCUT2D eigenvalue weighted by molar-refractivity contribution is 6.04. The van der Waals surface area contributed by atoms with Gasteiger partial charge in [-0.25, -0.2) is 14.8 Å². The molecule has 35 heavy (non-hydrogen) atoms. The first-order valence-electron chi connectivity index (χ1n) is 13.5. The number of amides is 2. The SMILES string of the molecule is CCCCCCCCCC(=O)N1CCN(C(=O)c2nc(C)nc(CCC)c2C(=O)OCC)CC1C. The molecule has 2 heterocycles. The molecule has 0 aliphatic carbocycles. The van der Waals surface area contributed by atoms with Crippen molar-refractivity contribution in [2.24, 2.45) is 0 Å². The van der Waals surface area contributed by atoms with E-state index in [1.165, 1.54) is 32.1 Å². The number of ether oxygens (including phenoxy) is 1. The summed E-state index contributed by atoms with van der Waals surface area (Å²) in [6.07, 6.45) is 10.2. The molecule has 1 aromatic heterocycles. The maximum absolute atomic E-state index is 13.5. The highest BCUT2D eigenvalue weighted by atomic mass is 16.5. The van der Waals surface area contributed by atoms with E-state index in [-0.39, 0.29) is 35.7 Å². The fourth-order valence-corrected chi connectivity index (χ4v) is 4.66. The molecule has 1 aliphatic rings. The van der Waals surface area contributed by atoms with Crippen molar-refractivity contribution in [3.63, 3.8) is 0 Å². The summed E-state index contributed by atoms with van der Waals surface area (Å²) in [5, 5.41) is 0. The Morgan fingerprint density at radius 2 is 1.63 bits per heavy atom. The van der Waals surface area contributed by atoms with Gasteiger partial charge in [-0.05, 0) is 33.6 Å². The lowest BCUT2D eigenvalue weighted by molar-refractivity contribution is -0.135. The summed E-state index contributed by atoms with van der Waals surface area (Å²) in [7, 11) is 0. The monoisotopic (exact) mass is 488 g/mol. The van der Waals surface area contributed by atoms with Crippen molar-refractivity contribution in [2.75, 3.05) is 26.2 Å². The zero-order valence-electron chi connectivity index (χ0n) is 22.4. The van der Waals surface area contributed by atoms with Crippen LogP contribution in [-0.2, 0) is 16.0 Å². The minimum atomic E-state index is -0.559. The van der Waals surface area contributed by atoms with E-state index in [4.69, 9.17) is 4.74 Å². The molecule has 8 heteroatoms. The van der Waals surface area contributed by atoms with Crippen molar-refractivity contribution in [3.05, 3.63) is 22.8 Å². The number of hydrogen-bond acceptors (Lipinski definition) is 6. The Morgan fingerprint density at radius 3 is 2.26 bits per heavy atom. The van der Waals surface area contributed by atoms with Crippen LogP contribution in [0.2, 0.25) is 0 Å². The number of hydrogen-bond donors (Lipinski definition) is 0. The lowest BCUT2D eigenvalue weighted by Gasteiger charge is -2.40. The minimum Gasteiger partial charge on any atom is -0.462 e. The quantitative estimate of drug-likeness (QED) is 0.294. The third-order valence-electron chi connectivity index (χ3n) is 6.49. The normalized spacial score (nSPS) is 15.9. The van der Waals surface area contributed by atoms with Gasteiger partial charge in [0.25, 0.3) is 5.91 Å². The van der Waals surface area contributed by atoms with Crippen LogP contribution in [0, 0.1) is 6.92 Å². The summed E-state index contributed by atoms with van der Waals surface area (Å²) < 4.78 is 5.23. The van der Waals surface area contributed by atoms with Crippen LogP contribution in [0.5, 0.6) is 0 Å². The van der Waals surface area contributed by atoms with E-state index >= 15 is 0 Å². The predicted octanol–water partition coefficient (Wildman–Crippen LogP) is 4.73. The van der Waals surface area contributed by atoms with Gasteiger partial charge in [-0.3, -0.25) is 9.59 Å². The average Bonchev–Trinajstić information content (AvgIpc) is 2.82. The molecule has 0 aromatic carbocycles. The lowest BCUT2D eigenvalue weighted by atomic mass is 10.0. The van der Waals surface area contributed by atoms with E-state index in [1.54, 1.807) is 18.7 Å². The number of unbranched alkanes of at least 4 members (excludes halogenated alkanes) is 6. The van der Waals surface area contributed by atoms with Gasteiger partial charge in [0, 0.05) is 32.1 Å². The molecule has 1 aliphatic heterocycles. The molecule has 0 saturated carbocycles. The Morgan fingerprint density at radius 1 is 0.943 bits per heavy atom. The first-order chi connectivity index (χ1) is 16.8. The lowest BCUT2D eigenvalue weighted by Crippen LogP contribution is -2.55. The van der Waals surface area contributed by atoms with Crippen molar-refractivity contribution in [3.8, 4) is 0 Å². The molecule has 1 saturated heterocycles. The molecule has 1 unspecified atom stereocenters. The van der Waals surface area contributed by atoms with Crippen molar-refractivity contribution in [1.82, 2.24) is 19.8 Å². The smallest absolute Gasteiger partial charge is 0.342 e. The number of nitrogens with zero attached hydrogens (tertiary/aromatic N) is 4. The van der Waals surface area contributed by atoms with Gasteiger partial charge in [-0.1, -0.05) is 58.8 Å². The molecule has 2 rings (SSSR count). The molecule has 1 aromatic rings. The molecule has 0 N–H and O–H groups in total. The topological polar surface area (TPSA) is 92.7 Å². The van der Waals surface area contributed by atoms with Crippen LogP contribution in [0.3, 0.4) is 0 Å². The zero-order valence-corrected chi connectivity index (χ0v) is 22.4. The molecule has 0 radical (unpaired) electrons. The molecule has 0 spiro atoms. The van der Waals surface area contributed by atoms with Crippen LogP contribution in [-0.4, -0.2) is 69.8 Å². The first kappa shape index (κ1) is 28.7. The van der Waals surface area contributed by atoms with Crippen molar-refractivity contribution >= 4 is 17.8 Å². The van der Waals surface area contributed by atoms with Crippen LogP contribution < -0.4 is 0 Å². The number of aromatic nitrogens is 2. The molecular formula is C27H44N4O4. The largest absolute Gasteiger partial charge is 0.462 e. The van der Waals surface area contributed by atoms with E-state index in [1.807, 2.05) is 18.7 Å². The Kier molecular flexibility index (Phi) is 12.1. The molecule has 196 valence electrons. The van der Waals surface area contributed by atoms with Gasteiger partial charge < -0.3 is 14.5 Å². The van der Waals surface area contributed by atoms with Gasteiger partial charge in [0.05, 0.1) is 12.3 Å². The Bertz CT molecular complexity index is 858. The summed E-state index contributed by atoms with van der Waals surface area (Å²) in [6.45, 7) is 11.2. The van der Waals surface area contributed by atoms with E-state index in [2.05, 4.69) is 16.9 Å². The Balaban J connectivity index is 2.03. The van der Waals surface area contributed by atoms with Gasteiger partial charge in [0.2, 0.25) is 5.91 Å². The minimum absolute atomic E-state index is 0.0890. The highest BCUT2D eigenvalue weighted by Gasteiger charge is 2.33. The fourth-order valence-electron chi connectivity index (χ4n) is 4.66. The maximum Gasteiger partial charge on any atom is 0.342 e. The third kappa shape index (κ3) is 8.29. The van der Waals surface area contributed by atoms with E-state index in [9.17, 15) is 14.4 Å². The van der Waals surface area contributed by atoms with Gasteiger partial charge in [0.1, 0.15) is 17.1 Å². The van der Waals surface area contributed by atoms with Crippen molar-refractivity contribution in [1.29, 1.82) is 0 Å². The average molecular weight is 489 g/mol. The van der Waals surface area contributed by atoms with E-state index in [0.29, 0.717) is 44.0 Å². The number of rotatable bonds is 13. The molecule has 1 atom stereocenters.